The van der Waals surface area contributed by atoms with Crippen LogP contribution < -0.4 is 5.32 Å². The van der Waals surface area contributed by atoms with Gasteiger partial charge in [-0.3, -0.25) is 19.6 Å². The van der Waals surface area contributed by atoms with Gasteiger partial charge >= 0.3 is 5.97 Å². The van der Waals surface area contributed by atoms with E-state index in [1.165, 1.54) is 5.56 Å². The van der Waals surface area contributed by atoms with Crippen LogP contribution in [0.25, 0.3) is 44.6 Å². The van der Waals surface area contributed by atoms with Crippen molar-refractivity contribution < 1.29 is 19.4 Å². The summed E-state index contributed by atoms with van der Waals surface area (Å²) >= 11 is 0. The van der Waals surface area contributed by atoms with E-state index >= 15 is 0 Å². The molecule has 3 aromatic heterocycles. The van der Waals surface area contributed by atoms with Crippen LogP contribution >= 0.6 is 0 Å². The summed E-state index contributed by atoms with van der Waals surface area (Å²) in [7, 11) is 0. The van der Waals surface area contributed by atoms with E-state index in [4.69, 9.17) is 14.4 Å². The summed E-state index contributed by atoms with van der Waals surface area (Å²) in [5.74, 6) is 0.419. The van der Waals surface area contributed by atoms with E-state index in [0.29, 0.717) is 66.9 Å². The first-order valence-electron chi connectivity index (χ1n) is 17.6. The molecule has 1 atom stereocenters. The number of aliphatic hydroxyl groups excluding tert-OH is 1. The molecule has 8 rings (SSSR count). The molecule has 11 nitrogen and oxygen atoms in total. The Kier molecular flexibility index (Phi) is 8.89. The monoisotopic (exact) mass is 693 g/mol. The van der Waals surface area contributed by atoms with Crippen LogP contribution in [-0.2, 0) is 11.3 Å². The summed E-state index contributed by atoms with van der Waals surface area (Å²) in [5.41, 5.74) is 10.3. The number of rotatable bonds is 10. The first-order valence-corrected chi connectivity index (χ1v) is 17.6. The molecule has 0 bridgehead atoms. The molecule has 262 valence electrons. The molecule has 52 heavy (non-hydrogen) atoms. The van der Waals surface area contributed by atoms with E-state index in [1.807, 2.05) is 54.9 Å². The molecule has 2 aliphatic rings. The molecule has 2 saturated heterocycles. The molecular weight excluding hydrogens is 654 g/mol. The third-order valence-corrected chi connectivity index (χ3v) is 10.6. The fourth-order valence-electron chi connectivity index (χ4n) is 7.66. The van der Waals surface area contributed by atoms with Gasteiger partial charge in [-0.15, -0.1) is 0 Å². The number of oxazole rings is 1. The Balaban J connectivity index is 1.06. The van der Waals surface area contributed by atoms with Crippen LogP contribution in [-0.4, -0.2) is 80.3 Å². The second kappa shape index (κ2) is 13.8. The first-order chi connectivity index (χ1) is 25.3. The van der Waals surface area contributed by atoms with Crippen molar-refractivity contribution in [1.82, 2.24) is 24.8 Å². The van der Waals surface area contributed by atoms with Gasteiger partial charge in [-0.1, -0.05) is 24.3 Å². The number of nitriles is 1. The number of aliphatic carboxylic acids is 1. The quantitative estimate of drug-likeness (QED) is 0.142. The van der Waals surface area contributed by atoms with E-state index in [9.17, 15) is 20.3 Å². The number of nitrogens with zero attached hydrogens (tertiary/aromatic N) is 6. The third-order valence-electron chi connectivity index (χ3n) is 10.6. The Labute approximate surface area is 301 Å². The topological polar surface area (TPSA) is 152 Å². The summed E-state index contributed by atoms with van der Waals surface area (Å²) in [6, 6.07) is 22.5. The number of carbonyl (C=O) groups is 1. The van der Waals surface area contributed by atoms with Crippen LogP contribution in [0.4, 0.5) is 11.5 Å². The number of hydrogen-bond donors (Lipinski definition) is 3. The number of anilines is 2. The maximum absolute atomic E-state index is 11.5. The van der Waals surface area contributed by atoms with Crippen LogP contribution in [0.15, 0.2) is 77.5 Å². The molecular formula is C41H39N7O4. The van der Waals surface area contributed by atoms with E-state index < -0.39 is 5.97 Å². The number of aromatic nitrogens is 3. The van der Waals surface area contributed by atoms with Crippen molar-refractivity contribution in [3.05, 3.63) is 101 Å². The Morgan fingerprint density at radius 3 is 2.56 bits per heavy atom. The highest BCUT2D eigenvalue weighted by Gasteiger charge is 2.29. The van der Waals surface area contributed by atoms with E-state index in [-0.39, 0.29) is 12.5 Å². The predicted octanol–water partition coefficient (Wildman–Crippen LogP) is 6.64. The summed E-state index contributed by atoms with van der Waals surface area (Å²) < 4.78 is 6.28. The lowest BCUT2D eigenvalue weighted by Crippen LogP contribution is -2.46. The molecule has 0 radical (unpaired) electrons. The minimum atomic E-state index is -0.766. The second-order valence-electron chi connectivity index (χ2n) is 13.9. The molecule has 5 heterocycles. The lowest BCUT2D eigenvalue weighted by Gasteiger charge is -2.39. The zero-order chi connectivity index (χ0) is 35.9. The van der Waals surface area contributed by atoms with E-state index in [1.54, 1.807) is 0 Å². The van der Waals surface area contributed by atoms with Gasteiger partial charge in [-0.05, 0) is 96.6 Å². The summed E-state index contributed by atoms with van der Waals surface area (Å²) in [6.45, 7) is 8.64. The second-order valence-corrected chi connectivity index (χ2v) is 13.9. The molecule has 2 fully saturated rings. The SMILES string of the molecule is Cc1c(Nc2nccc3cc(C4CN(CCO)C4)cnc23)cccc1-c1cccc(-c2nc3cc(CN4CC[C@@H](C(=O)O)C4)cc(C#N)c3o2)c1C. The number of aliphatic hydroxyl groups is 1. The van der Waals surface area contributed by atoms with E-state index in [2.05, 4.69) is 58.2 Å². The minimum Gasteiger partial charge on any atom is -0.481 e. The summed E-state index contributed by atoms with van der Waals surface area (Å²) in [5, 5.41) is 33.2. The van der Waals surface area contributed by atoms with Crippen molar-refractivity contribution in [1.29, 1.82) is 5.26 Å². The minimum absolute atomic E-state index is 0.179. The van der Waals surface area contributed by atoms with Crippen LogP contribution in [0.3, 0.4) is 0 Å². The number of carboxylic acid groups (broad SMARTS) is 1. The summed E-state index contributed by atoms with van der Waals surface area (Å²) in [6.07, 6.45) is 4.38. The highest BCUT2D eigenvalue weighted by molar-refractivity contribution is 5.91. The van der Waals surface area contributed by atoms with Crippen molar-refractivity contribution in [3.8, 4) is 28.7 Å². The van der Waals surface area contributed by atoms with Crippen LogP contribution in [0.1, 0.15) is 40.2 Å². The number of β-amino-alcohol motifs (C(OH)–C–C–N with tert-alkyl or cyclic N) is 1. The standard InChI is InChI=1S/C41H39N7O4/c1-24-32(5-3-7-34(24)40-46-36-16-26(15-29(18-42)38(36)52-40)20-47-12-10-28(21-47)41(50)51)33-6-4-8-35(25(33)2)45-39-37-27(9-11-43-39)17-30(19-44-37)31-22-48(23-31)13-14-49/h3-9,11,15-17,19,28,31,49H,10,12-14,20-23H2,1-2H3,(H,43,45)(H,50,51)/t28-/m1/s1. The van der Waals surface area contributed by atoms with Crippen molar-refractivity contribution in [2.45, 2.75) is 32.7 Å². The molecule has 3 N–H and O–H groups in total. The van der Waals surface area contributed by atoms with Gasteiger partial charge in [-0.25, -0.2) is 9.97 Å². The van der Waals surface area contributed by atoms with Gasteiger partial charge in [0.05, 0.1) is 18.1 Å². The van der Waals surface area contributed by atoms with Crippen molar-refractivity contribution in [2.75, 3.05) is 44.6 Å². The Bertz CT molecular complexity index is 2380. The number of fused-ring (bicyclic) bond motifs is 2. The fourth-order valence-corrected chi connectivity index (χ4v) is 7.66. The van der Waals surface area contributed by atoms with Gasteiger partial charge in [0.15, 0.2) is 11.4 Å². The molecule has 11 heteroatoms. The number of carboxylic acids is 1. The zero-order valence-electron chi connectivity index (χ0n) is 29.1. The van der Waals surface area contributed by atoms with E-state index in [0.717, 1.165) is 63.1 Å². The van der Waals surface area contributed by atoms with Gasteiger partial charge in [0, 0.05) is 67.7 Å². The smallest absolute Gasteiger partial charge is 0.307 e. The predicted molar refractivity (Wildman–Crippen MR) is 199 cm³/mol. The van der Waals surface area contributed by atoms with Gasteiger partial charge in [-0.2, -0.15) is 5.26 Å². The molecule has 0 saturated carbocycles. The molecule has 0 amide bonds. The van der Waals surface area contributed by atoms with Crippen molar-refractivity contribution in [2.24, 2.45) is 5.92 Å². The third kappa shape index (κ3) is 6.26. The van der Waals surface area contributed by atoms with Crippen LogP contribution in [0.2, 0.25) is 0 Å². The van der Waals surface area contributed by atoms with Crippen molar-refractivity contribution >= 4 is 39.5 Å². The highest BCUT2D eigenvalue weighted by Crippen LogP contribution is 2.38. The average molecular weight is 694 g/mol. The molecule has 2 aliphatic heterocycles. The first kappa shape index (κ1) is 33.5. The van der Waals surface area contributed by atoms with Crippen LogP contribution in [0, 0.1) is 31.1 Å². The van der Waals surface area contributed by atoms with Crippen molar-refractivity contribution in [3.63, 3.8) is 0 Å². The Morgan fingerprint density at radius 1 is 1.00 bits per heavy atom. The molecule has 0 aliphatic carbocycles. The maximum Gasteiger partial charge on any atom is 0.307 e. The molecule has 3 aromatic carbocycles. The average Bonchev–Trinajstić information content (AvgIpc) is 3.78. The fraction of sp³-hybridized carbons (Fsp3) is 0.293. The normalized spacial score (nSPS) is 16.7. The molecule has 6 aromatic rings. The number of likely N-dealkylation sites (tertiary alicyclic amines) is 2. The molecule has 0 spiro atoms. The van der Waals surface area contributed by atoms with Gasteiger partial charge in [0.2, 0.25) is 5.89 Å². The molecule has 0 unspecified atom stereocenters. The zero-order valence-corrected chi connectivity index (χ0v) is 29.1. The van der Waals surface area contributed by atoms with Gasteiger partial charge < -0.3 is 19.9 Å². The Hall–Kier alpha value is -5.67. The van der Waals surface area contributed by atoms with Crippen LogP contribution in [0.5, 0.6) is 0 Å². The number of benzene rings is 3. The van der Waals surface area contributed by atoms with Gasteiger partial charge in [0.25, 0.3) is 0 Å². The highest BCUT2D eigenvalue weighted by atomic mass is 16.4. The lowest BCUT2D eigenvalue weighted by atomic mass is 9.92. The lowest BCUT2D eigenvalue weighted by molar-refractivity contribution is -0.141. The largest absolute Gasteiger partial charge is 0.481 e. The number of hydrogen-bond acceptors (Lipinski definition) is 10. The number of nitrogens with one attached hydrogen (secondary N) is 1. The maximum atomic E-state index is 11.5. The number of pyridine rings is 2. The Morgan fingerprint density at radius 2 is 1.79 bits per heavy atom. The van der Waals surface area contributed by atoms with Gasteiger partial charge in [0.1, 0.15) is 17.1 Å². The summed E-state index contributed by atoms with van der Waals surface area (Å²) in [4.78, 5) is 30.2.